The number of nitrogens with zero attached hydrogens (tertiary/aromatic N) is 1. The Morgan fingerprint density at radius 2 is 1.86 bits per heavy atom. The molecule has 0 aromatic carbocycles. The molecule has 1 atom stereocenters. The minimum absolute atomic E-state index is 0.0265. The molecule has 1 saturated carbocycles. The topological polar surface area (TPSA) is 83.6 Å². The molecule has 7 heteroatoms. The molecular formula is C14H24N2O4S. The second kappa shape index (κ2) is 6.77. The van der Waals surface area contributed by atoms with Crippen molar-refractivity contribution in [3.05, 3.63) is 0 Å². The number of hydrogen-bond donors (Lipinski definition) is 1. The molecule has 2 aliphatic rings. The molecule has 1 aliphatic heterocycles. The monoisotopic (exact) mass is 316 g/mol. The number of sulfone groups is 1. The number of hydrogen-bond acceptors (Lipinski definition) is 4. The van der Waals surface area contributed by atoms with Gasteiger partial charge in [0.05, 0.1) is 12.3 Å². The van der Waals surface area contributed by atoms with Gasteiger partial charge in [0, 0.05) is 12.3 Å². The molecule has 1 unspecified atom stereocenters. The molecule has 2 rings (SSSR count). The maximum Gasteiger partial charge on any atom is 0.245 e. The Labute approximate surface area is 126 Å². The van der Waals surface area contributed by atoms with E-state index in [1.165, 1.54) is 11.3 Å². The summed E-state index contributed by atoms with van der Waals surface area (Å²) in [6, 6.07) is -0.462. The zero-order chi connectivity index (χ0) is 15.5. The third-order valence-corrected chi connectivity index (χ3v) is 6.15. The number of rotatable bonds is 5. The predicted molar refractivity (Wildman–Crippen MR) is 79.4 cm³/mol. The van der Waals surface area contributed by atoms with Crippen LogP contribution in [0.2, 0.25) is 0 Å². The SMILES string of the molecule is CCS(=O)(=O)CCN1CC(=O)NC(C2CCCCC2)C1=O. The fourth-order valence-corrected chi connectivity index (χ4v) is 3.89. The third kappa shape index (κ3) is 4.18. The summed E-state index contributed by atoms with van der Waals surface area (Å²) in [4.78, 5) is 25.7. The van der Waals surface area contributed by atoms with Crippen molar-refractivity contribution < 1.29 is 18.0 Å². The van der Waals surface area contributed by atoms with E-state index in [2.05, 4.69) is 5.32 Å². The zero-order valence-corrected chi connectivity index (χ0v) is 13.3. The van der Waals surface area contributed by atoms with Crippen LogP contribution in [0, 0.1) is 5.92 Å². The maximum atomic E-state index is 12.5. The van der Waals surface area contributed by atoms with Crippen LogP contribution in [0.1, 0.15) is 39.0 Å². The van der Waals surface area contributed by atoms with Crippen LogP contribution in [-0.4, -0.2) is 55.8 Å². The van der Waals surface area contributed by atoms with Crippen LogP contribution >= 0.6 is 0 Å². The fraction of sp³-hybridized carbons (Fsp3) is 0.857. The van der Waals surface area contributed by atoms with E-state index < -0.39 is 15.9 Å². The largest absolute Gasteiger partial charge is 0.342 e. The van der Waals surface area contributed by atoms with E-state index in [9.17, 15) is 18.0 Å². The first-order chi connectivity index (χ1) is 9.93. The smallest absolute Gasteiger partial charge is 0.245 e. The Balaban J connectivity index is 2.01. The lowest BCUT2D eigenvalue weighted by molar-refractivity contribution is -0.146. The first-order valence-corrected chi connectivity index (χ1v) is 9.53. The van der Waals surface area contributed by atoms with Gasteiger partial charge >= 0.3 is 0 Å². The van der Waals surface area contributed by atoms with Crippen LogP contribution in [0.3, 0.4) is 0 Å². The summed E-state index contributed by atoms with van der Waals surface area (Å²) in [5, 5.41) is 2.80. The van der Waals surface area contributed by atoms with Gasteiger partial charge < -0.3 is 10.2 Å². The quantitative estimate of drug-likeness (QED) is 0.792. The molecule has 0 radical (unpaired) electrons. The highest BCUT2D eigenvalue weighted by Crippen LogP contribution is 2.28. The molecule has 0 aromatic rings. The second-order valence-electron chi connectivity index (χ2n) is 5.94. The number of carbonyl (C=O) groups is 2. The van der Waals surface area contributed by atoms with Gasteiger partial charge in [0.2, 0.25) is 11.8 Å². The van der Waals surface area contributed by atoms with E-state index in [-0.39, 0.29) is 42.3 Å². The molecule has 1 N–H and O–H groups in total. The van der Waals surface area contributed by atoms with E-state index >= 15 is 0 Å². The molecule has 2 fully saturated rings. The molecule has 6 nitrogen and oxygen atoms in total. The van der Waals surface area contributed by atoms with Gasteiger partial charge in [-0.2, -0.15) is 0 Å². The minimum Gasteiger partial charge on any atom is -0.342 e. The second-order valence-corrected chi connectivity index (χ2v) is 8.41. The summed E-state index contributed by atoms with van der Waals surface area (Å²) in [7, 11) is -3.13. The molecule has 1 aliphatic carbocycles. The molecule has 120 valence electrons. The van der Waals surface area contributed by atoms with E-state index in [0.717, 1.165) is 25.7 Å². The van der Waals surface area contributed by atoms with E-state index in [1.54, 1.807) is 6.92 Å². The van der Waals surface area contributed by atoms with Gasteiger partial charge in [-0.15, -0.1) is 0 Å². The van der Waals surface area contributed by atoms with Crippen molar-refractivity contribution in [1.29, 1.82) is 0 Å². The number of carbonyl (C=O) groups excluding carboxylic acids is 2. The van der Waals surface area contributed by atoms with Crippen LogP contribution in [0.15, 0.2) is 0 Å². The van der Waals surface area contributed by atoms with Crippen molar-refractivity contribution in [2.75, 3.05) is 24.6 Å². The molecule has 2 amide bonds. The first-order valence-electron chi connectivity index (χ1n) is 7.71. The third-order valence-electron chi connectivity index (χ3n) is 4.46. The Hall–Kier alpha value is -1.11. The summed E-state index contributed by atoms with van der Waals surface area (Å²) >= 11 is 0. The maximum absolute atomic E-state index is 12.5. The molecular weight excluding hydrogens is 292 g/mol. The van der Waals surface area contributed by atoms with Crippen LogP contribution in [0.25, 0.3) is 0 Å². The van der Waals surface area contributed by atoms with Crippen molar-refractivity contribution in [2.45, 2.75) is 45.1 Å². The van der Waals surface area contributed by atoms with E-state index in [1.807, 2.05) is 0 Å². The van der Waals surface area contributed by atoms with Gasteiger partial charge in [0.1, 0.15) is 6.04 Å². The van der Waals surface area contributed by atoms with Crippen molar-refractivity contribution in [2.24, 2.45) is 5.92 Å². The minimum atomic E-state index is -3.13. The highest BCUT2D eigenvalue weighted by Gasteiger charge is 2.38. The van der Waals surface area contributed by atoms with Gasteiger partial charge in [-0.05, 0) is 18.8 Å². The highest BCUT2D eigenvalue weighted by atomic mass is 32.2. The Kier molecular flexibility index (Phi) is 5.24. The molecule has 0 aromatic heterocycles. The van der Waals surface area contributed by atoms with Gasteiger partial charge in [-0.3, -0.25) is 9.59 Å². The number of amides is 2. The zero-order valence-electron chi connectivity index (χ0n) is 12.5. The van der Waals surface area contributed by atoms with Gasteiger partial charge in [-0.1, -0.05) is 26.2 Å². The van der Waals surface area contributed by atoms with E-state index in [0.29, 0.717) is 0 Å². The summed E-state index contributed by atoms with van der Waals surface area (Å²) in [5.74, 6) is -0.111. The number of piperazine rings is 1. The number of nitrogens with one attached hydrogen (secondary N) is 1. The van der Waals surface area contributed by atoms with E-state index in [4.69, 9.17) is 0 Å². The molecule has 1 saturated heterocycles. The standard InChI is InChI=1S/C14H24N2O4S/c1-2-21(19,20)9-8-16-10-12(17)15-13(14(16)18)11-6-4-3-5-7-11/h11,13H,2-10H2,1H3,(H,15,17). The van der Waals surface area contributed by atoms with Gasteiger partial charge in [0.15, 0.2) is 9.84 Å². The predicted octanol–water partition coefficient (Wildman–Crippen LogP) is 0.328. The average molecular weight is 316 g/mol. The molecule has 1 heterocycles. The summed E-state index contributed by atoms with van der Waals surface area (Å²) < 4.78 is 23.1. The summed E-state index contributed by atoms with van der Waals surface area (Å²) in [6.45, 7) is 1.68. The van der Waals surface area contributed by atoms with Gasteiger partial charge in [0.25, 0.3) is 0 Å². The van der Waals surface area contributed by atoms with Crippen molar-refractivity contribution >= 4 is 21.7 Å². The Morgan fingerprint density at radius 3 is 2.48 bits per heavy atom. The van der Waals surface area contributed by atoms with Gasteiger partial charge in [-0.25, -0.2) is 8.42 Å². The van der Waals surface area contributed by atoms with Crippen LogP contribution in [0.4, 0.5) is 0 Å². The van der Waals surface area contributed by atoms with Crippen LogP contribution in [-0.2, 0) is 19.4 Å². The Bertz CT molecular complexity index is 497. The highest BCUT2D eigenvalue weighted by molar-refractivity contribution is 7.91. The average Bonchev–Trinajstić information content (AvgIpc) is 2.48. The lowest BCUT2D eigenvalue weighted by Crippen LogP contribution is -2.61. The van der Waals surface area contributed by atoms with Crippen molar-refractivity contribution in [1.82, 2.24) is 10.2 Å². The fourth-order valence-electron chi connectivity index (χ4n) is 3.10. The van der Waals surface area contributed by atoms with Crippen LogP contribution < -0.4 is 5.32 Å². The molecule has 0 bridgehead atoms. The summed E-state index contributed by atoms with van der Waals surface area (Å²) in [5.41, 5.74) is 0. The van der Waals surface area contributed by atoms with Crippen molar-refractivity contribution in [3.63, 3.8) is 0 Å². The normalized spacial score (nSPS) is 25.0. The summed E-state index contributed by atoms with van der Waals surface area (Å²) in [6.07, 6.45) is 5.28. The van der Waals surface area contributed by atoms with Crippen molar-refractivity contribution in [3.8, 4) is 0 Å². The Morgan fingerprint density at radius 1 is 1.19 bits per heavy atom. The molecule has 21 heavy (non-hydrogen) atoms. The lowest BCUT2D eigenvalue weighted by atomic mass is 9.82. The molecule has 0 spiro atoms. The van der Waals surface area contributed by atoms with Crippen LogP contribution in [0.5, 0.6) is 0 Å². The lowest BCUT2D eigenvalue weighted by Gasteiger charge is -2.37. The first kappa shape index (κ1) is 16.3.